The molecule has 1 aromatic carbocycles. The van der Waals surface area contributed by atoms with E-state index in [9.17, 15) is 4.39 Å². The molecule has 0 radical (unpaired) electrons. The average molecular weight is 373 g/mol. The zero-order chi connectivity index (χ0) is 14.7. The van der Waals surface area contributed by atoms with Crippen LogP contribution in [0.4, 0.5) is 4.39 Å². The van der Waals surface area contributed by atoms with E-state index in [4.69, 9.17) is 4.74 Å². The molecular weight excluding hydrogens is 359 g/mol. The SMILES string of the molecule is Fc1cc(Br)ccc1CSc1nnnn1CC1CCCO1. The van der Waals surface area contributed by atoms with Crippen LogP contribution in [0.15, 0.2) is 27.8 Å². The summed E-state index contributed by atoms with van der Waals surface area (Å²) < 4.78 is 21.8. The van der Waals surface area contributed by atoms with Crippen molar-refractivity contribution in [3.63, 3.8) is 0 Å². The first-order valence-electron chi connectivity index (χ1n) is 6.67. The minimum absolute atomic E-state index is 0.178. The van der Waals surface area contributed by atoms with E-state index in [-0.39, 0.29) is 11.9 Å². The van der Waals surface area contributed by atoms with Gasteiger partial charge in [-0.2, -0.15) is 0 Å². The summed E-state index contributed by atoms with van der Waals surface area (Å²) in [5.74, 6) is 0.264. The van der Waals surface area contributed by atoms with Crippen molar-refractivity contribution in [2.24, 2.45) is 0 Å². The highest BCUT2D eigenvalue weighted by atomic mass is 79.9. The van der Waals surface area contributed by atoms with E-state index in [2.05, 4.69) is 31.5 Å². The van der Waals surface area contributed by atoms with Crippen LogP contribution in [0.1, 0.15) is 18.4 Å². The van der Waals surface area contributed by atoms with Crippen molar-refractivity contribution < 1.29 is 9.13 Å². The fraction of sp³-hybridized carbons (Fsp3) is 0.462. The molecule has 1 aliphatic heterocycles. The van der Waals surface area contributed by atoms with Gasteiger partial charge in [-0.1, -0.05) is 33.8 Å². The van der Waals surface area contributed by atoms with Crippen LogP contribution in [-0.4, -0.2) is 32.9 Å². The molecule has 3 rings (SSSR count). The van der Waals surface area contributed by atoms with E-state index < -0.39 is 0 Å². The van der Waals surface area contributed by atoms with Gasteiger partial charge in [0.15, 0.2) is 0 Å². The number of benzene rings is 1. The highest BCUT2D eigenvalue weighted by Gasteiger charge is 2.19. The van der Waals surface area contributed by atoms with Crippen molar-refractivity contribution in [1.82, 2.24) is 20.2 Å². The van der Waals surface area contributed by atoms with Crippen molar-refractivity contribution in [1.29, 1.82) is 0 Å². The van der Waals surface area contributed by atoms with E-state index in [1.54, 1.807) is 10.7 Å². The molecule has 0 saturated carbocycles. The molecule has 2 aromatic rings. The summed E-state index contributed by atoms with van der Waals surface area (Å²) >= 11 is 4.68. The molecule has 1 unspecified atom stereocenters. The summed E-state index contributed by atoms with van der Waals surface area (Å²) in [5.41, 5.74) is 0.634. The fourth-order valence-corrected chi connectivity index (χ4v) is 3.38. The number of nitrogens with zero attached hydrogens (tertiary/aromatic N) is 4. The lowest BCUT2D eigenvalue weighted by Gasteiger charge is -2.10. The summed E-state index contributed by atoms with van der Waals surface area (Å²) in [6, 6.07) is 5.06. The molecule has 1 fully saturated rings. The Balaban J connectivity index is 1.63. The normalized spacial score (nSPS) is 18.3. The van der Waals surface area contributed by atoms with E-state index in [1.807, 2.05) is 6.07 Å². The lowest BCUT2D eigenvalue weighted by molar-refractivity contribution is 0.0912. The second-order valence-corrected chi connectivity index (χ2v) is 6.66. The number of hydrogen-bond donors (Lipinski definition) is 0. The van der Waals surface area contributed by atoms with Gasteiger partial charge >= 0.3 is 0 Å². The highest BCUT2D eigenvalue weighted by molar-refractivity contribution is 9.10. The maximum Gasteiger partial charge on any atom is 0.209 e. The second-order valence-electron chi connectivity index (χ2n) is 4.80. The first kappa shape index (κ1) is 14.9. The third-order valence-electron chi connectivity index (χ3n) is 3.27. The first-order chi connectivity index (χ1) is 10.2. The van der Waals surface area contributed by atoms with Crippen molar-refractivity contribution >= 4 is 27.7 Å². The molecule has 0 aliphatic carbocycles. The molecule has 1 aliphatic rings. The number of thioether (sulfide) groups is 1. The van der Waals surface area contributed by atoms with E-state index in [1.165, 1.54) is 17.8 Å². The zero-order valence-electron chi connectivity index (χ0n) is 11.2. The van der Waals surface area contributed by atoms with E-state index in [0.717, 1.165) is 23.9 Å². The lowest BCUT2D eigenvalue weighted by Crippen LogP contribution is -2.16. The summed E-state index contributed by atoms with van der Waals surface area (Å²) in [6.45, 7) is 1.46. The second kappa shape index (κ2) is 6.85. The van der Waals surface area contributed by atoms with Crippen LogP contribution in [0.5, 0.6) is 0 Å². The van der Waals surface area contributed by atoms with Gasteiger partial charge in [0.05, 0.1) is 12.6 Å². The Kier molecular flexibility index (Phi) is 4.87. The van der Waals surface area contributed by atoms with Gasteiger partial charge in [-0.05, 0) is 41.0 Å². The Labute approximate surface area is 134 Å². The Morgan fingerprint density at radius 3 is 3.14 bits per heavy atom. The third-order valence-corrected chi connectivity index (χ3v) is 4.77. The van der Waals surface area contributed by atoms with Gasteiger partial charge in [-0.15, -0.1) is 5.10 Å². The maximum absolute atomic E-state index is 13.8. The summed E-state index contributed by atoms with van der Waals surface area (Å²) in [7, 11) is 0. The smallest absolute Gasteiger partial charge is 0.209 e. The number of rotatable bonds is 5. The molecule has 21 heavy (non-hydrogen) atoms. The van der Waals surface area contributed by atoms with Crippen molar-refractivity contribution in [2.45, 2.75) is 36.4 Å². The van der Waals surface area contributed by atoms with Crippen molar-refractivity contribution in [2.75, 3.05) is 6.61 Å². The molecular formula is C13H14BrFN4OS. The molecule has 1 aromatic heterocycles. The van der Waals surface area contributed by atoms with Crippen LogP contribution < -0.4 is 0 Å². The molecule has 0 bridgehead atoms. The molecule has 112 valence electrons. The number of hydrogen-bond acceptors (Lipinski definition) is 5. The summed E-state index contributed by atoms with van der Waals surface area (Å²) in [6.07, 6.45) is 2.29. The summed E-state index contributed by atoms with van der Waals surface area (Å²) in [5, 5.41) is 12.4. The number of aromatic nitrogens is 4. The molecule has 1 saturated heterocycles. The molecule has 8 heteroatoms. The largest absolute Gasteiger partial charge is 0.376 e. The Morgan fingerprint density at radius 2 is 2.38 bits per heavy atom. The van der Waals surface area contributed by atoms with Gasteiger partial charge in [0.2, 0.25) is 5.16 Å². The van der Waals surface area contributed by atoms with Crippen LogP contribution >= 0.6 is 27.7 Å². The van der Waals surface area contributed by atoms with Crippen LogP contribution in [-0.2, 0) is 17.0 Å². The van der Waals surface area contributed by atoms with Crippen molar-refractivity contribution in [3.8, 4) is 0 Å². The monoisotopic (exact) mass is 372 g/mol. The molecule has 1 atom stereocenters. The van der Waals surface area contributed by atoms with Crippen LogP contribution in [0.25, 0.3) is 0 Å². The quantitative estimate of drug-likeness (QED) is 0.755. The standard InChI is InChI=1S/C13H14BrFN4OS/c14-10-4-3-9(12(15)6-10)8-21-13-16-17-18-19(13)7-11-2-1-5-20-11/h3-4,6,11H,1-2,5,7-8H2. The number of ether oxygens (including phenoxy) is 1. The minimum Gasteiger partial charge on any atom is -0.376 e. The van der Waals surface area contributed by atoms with Crippen molar-refractivity contribution in [3.05, 3.63) is 34.1 Å². The third kappa shape index (κ3) is 3.81. The first-order valence-corrected chi connectivity index (χ1v) is 8.45. The molecule has 0 spiro atoms. The topological polar surface area (TPSA) is 52.8 Å². The van der Waals surface area contributed by atoms with Gasteiger partial charge in [-0.25, -0.2) is 9.07 Å². The van der Waals surface area contributed by atoms with E-state index in [0.29, 0.717) is 23.0 Å². The van der Waals surface area contributed by atoms with Gasteiger partial charge in [0.1, 0.15) is 5.82 Å². The molecule has 0 N–H and O–H groups in total. The zero-order valence-corrected chi connectivity index (χ0v) is 13.6. The molecule has 2 heterocycles. The van der Waals surface area contributed by atoms with E-state index >= 15 is 0 Å². The fourth-order valence-electron chi connectivity index (χ4n) is 2.18. The predicted molar refractivity (Wildman–Crippen MR) is 80.5 cm³/mol. The maximum atomic E-state index is 13.8. The predicted octanol–water partition coefficient (Wildman–Crippen LogP) is 3.05. The van der Waals surface area contributed by atoms with Gasteiger partial charge < -0.3 is 4.74 Å². The number of tetrazole rings is 1. The molecule has 0 amide bonds. The van der Waals surface area contributed by atoms with Gasteiger partial charge in [-0.3, -0.25) is 0 Å². The minimum atomic E-state index is -0.227. The summed E-state index contributed by atoms with van der Waals surface area (Å²) in [4.78, 5) is 0. The Morgan fingerprint density at radius 1 is 1.48 bits per heavy atom. The Hall–Kier alpha value is -0.990. The lowest BCUT2D eigenvalue weighted by atomic mass is 10.2. The highest BCUT2D eigenvalue weighted by Crippen LogP contribution is 2.24. The molecule has 5 nitrogen and oxygen atoms in total. The van der Waals surface area contributed by atoms with Gasteiger partial charge in [0.25, 0.3) is 0 Å². The van der Waals surface area contributed by atoms with Crippen LogP contribution in [0, 0.1) is 5.82 Å². The number of halogens is 2. The Bertz CT molecular complexity index is 618. The van der Waals surface area contributed by atoms with Crippen LogP contribution in [0.3, 0.4) is 0 Å². The average Bonchev–Trinajstić information content (AvgIpc) is 3.10. The van der Waals surface area contributed by atoms with Gasteiger partial charge in [0, 0.05) is 16.8 Å². The van der Waals surface area contributed by atoms with Crippen LogP contribution in [0.2, 0.25) is 0 Å².